The van der Waals surface area contributed by atoms with Gasteiger partial charge in [0.1, 0.15) is 0 Å². The van der Waals surface area contributed by atoms with Crippen molar-refractivity contribution in [2.75, 3.05) is 11.9 Å². The number of nitrogens with one attached hydrogen (secondary N) is 1. The van der Waals surface area contributed by atoms with E-state index in [0.29, 0.717) is 36.3 Å². The number of carbonyl (C=O) groups excluding carboxylic acids is 2. The number of ether oxygens (including phenoxy) is 1. The van der Waals surface area contributed by atoms with E-state index >= 15 is 0 Å². The molecular weight excluding hydrogens is 366 g/mol. The number of anilines is 1. The van der Waals surface area contributed by atoms with E-state index < -0.39 is 5.60 Å². The highest BCUT2D eigenvalue weighted by Gasteiger charge is 2.57. The van der Waals surface area contributed by atoms with Gasteiger partial charge in [-0.15, -0.1) is 0 Å². The lowest BCUT2D eigenvalue weighted by Gasteiger charge is -2.60. The van der Waals surface area contributed by atoms with E-state index in [9.17, 15) is 14.7 Å². The largest absolute Gasteiger partial charge is 0.456 e. The maximum Gasteiger partial charge on any atom is 0.306 e. The van der Waals surface area contributed by atoms with Crippen molar-refractivity contribution in [2.45, 2.75) is 76.7 Å². The summed E-state index contributed by atoms with van der Waals surface area (Å²) in [7, 11) is 0. The molecule has 158 valence electrons. The van der Waals surface area contributed by atoms with E-state index in [4.69, 9.17) is 4.74 Å². The van der Waals surface area contributed by atoms with E-state index in [2.05, 4.69) is 19.2 Å². The molecule has 0 radical (unpaired) electrons. The number of carbonyl (C=O) groups is 2. The maximum absolute atomic E-state index is 12.5. The predicted molar refractivity (Wildman–Crippen MR) is 111 cm³/mol. The fourth-order valence-electron chi connectivity index (χ4n) is 6.44. The lowest BCUT2D eigenvalue weighted by atomic mass is 9.47. The van der Waals surface area contributed by atoms with Crippen LogP contribution >= 0.6 is 0 Å². The second kappa shape index (κ2) is 7.75. The molecule has 4 aliphatic rings. The van der Waals surface area contributed by atoms with Crippen molar-refractivity contribution < 1.29 is 19.4 Å². The molecule has 5 nitrogen and oxygen atoms in total. The van der Waals surface area contributed by atoms with Crippen LogP contribution in [0.2, 0.25) is 0 Å². The first kappa shape index (κ1) is 20.4. The Bertz CT molecular complexity index is 758. The van der Waals surface area contributed by atoms with Gasteiger partial charge in [0.05, 0.1) is 12.0 Å². The second-order valence-corrected chi connectivity index (χ2v) is 10.0. The Labute approximate surface area is 173 Å². The molecule has 5 rings (SSSR count). The lowest BCUT2D eigenvalue weighted by Crippen LogP contribution is -2.56. The van der Waals surface area contributed by atoms with Gasteiger partial charge >= 0.3 is 5.97 Å². The average Bonchev–Trinajstić information content (AvgIpc) is 2.64. The molecule has 5 atom stereocenters. The van der Waals surface area contributed by atoms with Crippen LogP contribution < -0.4 is 5.32 Å². The van der Waals surface area contributed by atoms with Crippen LogP contribution in [-0.2, 0) is 14.3 Å². The van der Waals surface area contributed by atoms with Crippen molar-refractivity contribution in [1.82, 2.24) is 0 Å². The Kier molecular flexibility index (Phi) is 5.45. The summed E-state index contributed by atoms with van der Waals surface area (Å²) in [4.78, 5) is 24.6. The van der Waals surface area contributed by atoms with Gasteiger partial charge in [-0.25, -0.2) is 0 Å². The Morgan fingerprint density at radius 3 is 2.41 bits per heavy atom. The second-order valence-electron chi connectivity index (χ2n) is 10.0. The van der Waals surface area contributed by atoms with Crippen LogP contribution in [0.1, 0.15) is 76.7 Å². The molecule has 4 aliphatic carbocycles. The number of rotatable bonds is 7. The average molecular weight is 400 g/mol. The van der Waals surface area contributed by atoms with Crippen molar-refractivity contribution in [2.24, 2.45) is 17.3 Å². The molecule has 4 bridgehead atoms. The molecule has 1 aromatic carbocycles. The molecule has 0 heterocycles. The summed E-state index contributed by atoms with van der Waals surface area (Å²) in [5.74, 6) is 0.923. The quantitative estimate of drug-likeness (QED) is 0.666. The first-order valence-electron chi connectivity index (χ1n) is 11.1. The summed E-state index contributed by atoms with van der Waals surface area (Å²) in [6.07, 6.45) is 7.08. The highest BCUT2D eigenvalue weighted by atomic mass is 16.5. The van der Waals surface area contributed by atoms with Crippen molar-refractivity contribution in [3.63, 3.8) is 0 Å². The fraction of sp³-hybridized carbons (Fsp3) is 0.667. The molecule has 2 unspecified atom stereocenters. The summed E-state index contributed by atoms with van der Waals surface area (Å²) < 4.78 is 5.29. The number of hydrogen-bond acceptors (Lipinski definition) is 4. The van der Waals surface area contributed by atoms with Crippen molar-refractivity contribution in [3.8, 4) is 0 Å². The minimum Gasteiger partial charge on any atom is -0.456 e. The van der Waals surface area contributed by atoms with Gasteiger partial charge in [0.25, 0.3) is 5.91 Å². The van der Waals surface area contributed by atoms with E-state index in [1.54, 1.807) is 0 Å². The van der Waals surface area contributed by atoms with E-state index in [1.807, 2.05) is 24.3 Å². The van der Waals surface area contributed by atoms with Crippen LogP contribution in [0.25, 0.3) is 0 Å². The van der Waals surface area contributed by atoms with Crippen LogP contribution in [-0.4, -0.2) is 29.2 Å². The fourth-order valence-corrected chi connectivity index (χ4v) is 6.44. The third-order valence-electron chi connectivity index (χ3n) is 7.41. The molecule has 0 aliphatic heterocycles. The molecular formula is C24H33NO4. The minimum absolute atomic E-state index is 0.127. The SMILES string of the molecule is CC[C@@H](C)c1ccc(NC(=O)COC(=O)CC23C[C@@H]4C[C@@H](CC(O)(C4)C2)C3)cc1. The van der Waals surface area contributed by atoms with Crippen LogP contribution in [0.3, 0.4) is 0 Å². The van der Waals surface area contributed by atoms with Crippen molar-refractivity contribution in [3.05, 3.63) is 29.8 Å². The summed E-state index contributed by atoms with van der Waals surface area (Å²) in [6, 6.07) is 7.82. The van der Waals surface area contributed by atoms with Gasteiger partial charge in [0, 0.05) is 5.69 Å². The number of hydrogen-bond donors (Lipinski definition) is 2. The predicted octanol–water partition coefficient (Wildman–Crippen LogP) is 4.40. The van der Waals surface area contributed by atoms with Crippen molar-refractivity contribution >= 4 is 17.6 Å². The molecule has 4 fully saturated rings. The van der Waals surface area contributed by atoms with Gasteiger partial charge in [0.2, 0.25) is 0 Å². The van der Waals surface area contributed by atoms with Gasteiger partial charge in [-0.2, -0.15) is 0 Å². The topological polar surface area (TPSA) is 75.6 Å². The molecule has 5 heteroatoms. The van der Waals surface area contributed by atoms with Crippen LogP contribution in [0.15, 0.2) is 24.3 Å². The standard InChI is InChI=1S/C24H33NO4/c1-3-16(2)19-4-6-20(7-5-19)25-21(26)14-29-22(27)13-23-9-17-8-18(10-23)12-24(28,11-17)15-23/h4-7,16-18,28H,3,8-15H2,1-2H3,(H,25,26)/t16-,17-,18+,23?,24?/m1/s1. The summed E-state index contributed by atoms with van der Waals surface area (Å²) in [5.41, 5.74) is 1.25. The molecule has 29 heavy (non-hydrogen) atoms. The molecule has 2 N–H and O–H groups in total. The molecule has 0 aromatic heterocycles. The summed E-state index contributed by atoms with van der Waals surface area (Å²) in [5, 5.41) is 13.6. The molecule has 0 spiro atoms. The molecule has 4 saturated carbocycles. The van der Waals surface area contributed by atoms with E-state index in [-0.39, 0.29) is 23.9 Å². The zero-order valence-electron chi connectivity index (χ0n) is 17.6. The first-order valence-corrected chi connectivity index (χ1v) is 11.1. The van der Waals surface area contributed by atoms with Crippen molar-refractivity contribution in [1.29, 1.82) is 0 Å². The number of esters is 1. The molecule has 1 amide bonds. The monoisotopic (exact) mass is 399 g/mol. The lowest BCUT2D eigenvalue weighted by molar-refractivity contribution is -0.177. The number of aliphatic hydroxyl groups is 1. The highest BCUT2D eigenvalue weighted by Crippen LogP contribution is 2.62. The summed E-state index contributed by atoms with van der Waals surface area (Å²) >= 11 is 0. The van der Waals surface area contributed by atoms with E-state index in [1.165, 1.54) is 12.0 Å². The van der Waals surface area contributed by atoms with Gasteiger partial charge in [-0.1, -0.05) is 26.0 Å². The van der Waals surface area contributed by atoms with Gasteiger partial charge < -0.3 is 15.2 Å². The van der Waals surface area contributed by atoms with Gasteiger partial charge in [0.15, 0.2) is 6.61 Å². The smallest absolute Gasteiger partial charge is 0.306 e. The minimum atomic E-state index is -0.580. The van der Waals surface area contributed by atoms with Crippen LogP contribution in [0, 0.1) is 17.3 Å². The zero-order valence-corrected chi connectivity index (χ0v) is 17.6. The third-order valence-corrected chi connectivity index (χ3v) is 7.41. The normalized spacial score (nSPS) is 33.3. The van der Waals surface area contributed by atoms with Gasteiger partial charge in [-0.05, 0) is 85.8 Å². The first-order chi connectivity index (χ1) is 13.8. The Morgan fingerprint density at radius 1 is 1.17 bits per heavy atom. The molecule has 0 saturated heterocycles. The van der Waals surface area contributed by atoms with E-state index in [0.717, 1.165) is 32.1 Å². The number of benzene rings is 1. The third kappa shape index (κ3) is 4.50. The molecule has 1 aromatic rings. The zero-order chi connectivity index (χ0) is 20.6. The highest BCUT2D eigenvalue weighted by molar-refractivity contribution is 5.92. The van der Waals surface area contributed by atoms with Crippen LogP contribution in [0.5, 0.6) is 0 Å². The Morgan fingerprint density at radius 2 is 1.83 bits per heavy atom. The summed E-state index contributed by atoms with van der Waals surface area (Å²) in [6.45, 7) is 4.06. The number of amides is 1. The Balaban J connectivity index is 1.26. The van der Waals surface area contributed by atoms with Crippen LogP contribution in [0.4, 0.5) is 5.69 Å². The maximum atomic E-state index is 12.5. The Hall–Kier alpha value is -1.88. The van der Waals surface area contributed by atoms with Gasteiger partial charge in [-0.3, -0.25) is 9.59 Å².